The average molecular weight is 329 g/mol. The van der Waals surface area contributed by atoms with Crippen molar-refractivity contribution in [3.05, 3.63) is 0 Å². The van der Waals surface area contributed by atoms with Crippen LogP contribution in [0.4, 0.5) is 0 Å². The Labute approximate surface area is 139 Å². The van der Waals surface area contributed by atoms with E-state index in [0.717, 1.165) is 57.1 Å². The van der Waals surface area contributed by atoms with Crippen molar-refractivity contribution in [3.63, 3.8) is 0 Å². The minimum absolute atomic E-state index is 0.733. The zero-order valence-corrected chi connectivity index (χ0v) is 14.8. The van der Waals surface area contributed by atoms with Crippen LogP contribution in [-0.4, -0.2) is 74.3 Å². The highest BCUT2D eigenvalue weighted by Crippen LogP contribution is 2.25. The molecule has 2 heterocycles. The Kier molecular flexibility index (Phi) is 9.05. The molecule has 0 spiro atoms. The predicted octanol–water partition coefficient (Wildman–Crippen LogP) is 1.55. The molecular weight excluding hydrogens is 296 g/mol. The van der Waals surface area contributed by atoms with Gasteiger partial charge >= 0.3 is 0 Å². The molecule has 5 nitrogen and oxygen atoms in total. The van der Waals surface area contributed by atoms with Gasteiger partial charge in [-0.3, -0.25) is 9.89 Å². The summed E-state index contributed by atoms with van der Waals surface area (Å²) >= 11 is 2.07. The third kappa shape index (κ3) is 7.20. The first-order chi connectivity index (χ1) is 10.9. The maximum Gasteiger partial charge on any atom is 0.191 e. The van der Waals surface area contributed by atoms with Crippen LogP contribution in [0.25, 0.3) is 0 Å². The van der Waals surface area contributed by atoms with Gasteiger partial charge in [0.25, 0.3) is 0 Å². The molecule has 2 rings (SSSR count). The van der Waals surface area contributed by atoms with Crippen molar-refractivity contribution in [1.29, 1.82) is 0 Å². The summed E-state index contributed by atoms with van der Waals surface area (Å²) in [6.45, 7) is 10.2. The topological polar surface area (TPSA) is 48.9 Å². The molecule has 2 saturated heterocycles. The third-order valence-corrected chi connectivity index (χ3v) is 5.50. The van der Waals surface area contributed by atoms with Gasteiger partial charge in [0.1, 0.15) is 0 Å². The van der Waals surface area contributed by atoms with Gasteiger partial charge in [0.15, 0.2) is 5.96 Å². The number of nitrogens with one attached hydrogen (secondary N) is 2. The van der Waals surface area contributed by atoms with Crippen molar-refractivity contribution >= 4 is 17.7 Å². The summed E-state index contributed by atoms with van der Waals surface area (Å²) in [6.07, 6.45) is 5.12. The normalized spacial score (nSPS) is 23.7. The first kappa shape index (κ1) is 17.9. The summed E-state index contributed by atoms with van der Waals surface area (Å²) in [5, 5.41) is 7.55. The van der Waals surface area contributed by atoms with E-state index in [-0.39, 0.29) is 0 Å². The van der Waals surface area contributed by atoms with E-state index in [9.17, 15) is 0 Å². The Balaban J connectivity index is 1.55. The molecule has 0 bridgehead atoms. The molecule has 1 unspecified atom stereocenters. The molecule has 0 aromatic rings. The van der Waals surface area contributed by atoms with Crippen LogP contribution in [0, 0.1) is 0 Å². The number of rotatable bonds is 8. The number of hydrogen-bond acceptors (Lipinski definition) is 4. The van der Waals surface area contributed by atoms with Crippen molar-refractivity contribution < 1.29 is 4.74 Å². The number of ether oxygens (including phenoxy) is 1. The van der Waals surface area contributed by atoms with Crippen LogP contribution >= 0.6 is 11.8 Å². The van der Waals surface area contributed by atoms with Crippen LogP contribution in [0.15, 0.2) is 4.99 Å². The van der Waals surface area contributed by atoms with Gasteiger partial charge in [-0.2, -0.15) is 11.8 Å². The largest absolute Gasteiger partial charge is 0.379 e. The molecule has 0 amide bonds. The summed E-state index contributed by atoms with van der Waals surface area (Å²) in [6, 6.07) is 0. The molecule has 0 saturated carbocycles. The van der Waals surface area contributed by atoms with E-state index in [1.165, 1.54) is 38.0 Å². The van der Waals surface area contributed by atoms with E-state index in [0.29, 0.717) is 0 Å². The van der Waals surface area contributed by atoms with E-state index < -0.39 is 0 Å². The smallest absolute Gasteiger partial charge is 0.191 e. The Morgan fingerprint density at radius 3 is 2.86 bits per heavy atom. The molecule has 2 N–H and O–H groups in total. The van der Waals surface area contributed by atoms with Crippen LogP contribution < -0.4 is 10.6 Å². The third-order valence-electron chi connectivity index (χ3n) is 4.12. The fourth-order valence-electron chi connectivity index (χ4n) is 2.82. The molecule has 22 heavy (non-hydrogen) atoms. The number of unbranched alkanes of at least 4 members (excludes halogenated alkanes) is 1. The van der Waals surface area contributed by atoms with E-state index in [2.05, 4.69) is 34.2 Å². The molecule has 0 aliphatic carbocycles. The molecule has 2 fully saturated rings. The highest BCUT2D eigenvalue weighted by atomic mass is 32.2. The fraction of sp³-hybridized carbons (Fsp3) is 0.938. The van der Waals surface area contributed by atoms with Crippen LogP contribution in [0.1, 0.15) is 32.6 Å². The maximum atomic E-state index is 5.37. The van der Waals surface area contributed by atoms with Gasteiger partial charge in [-0.25, -0.2) is 0 Å². The lowest BCUT2D eigenvalue weighted by Gasteiger charge is -2.26. The summed E-state index contributed by atoms with van der Waals surface area (Å²) in [4.78, 5) is 7.23. The minimum Gasteiger partial charge on any atom is -0.379 e. The Bertz CT molecular complexity index is 315. The van der Waals surface area contributed by atoms with Crippen LogP contribution in [0.3, 0.4) is 0 Å². The summed E-state index contributed by atoms with van der Waals surface area (Å²) in [5.41, 5.74) is 0. The van der Waals surface area contributed by atoms with Crippen molar-refractivity contribution in [3.8, 4) is 0 Å². The lowest BCUT2D eigenvalue weighted by molar-refractivity contribution is 0.0372. The quantitative estimate of drug-likeness (QED) is 0.402. The highest BCUT2D eigenvalue weighted by molar-refractivity contribution is 8.00. The van der Waals surface area contributed by atoms with Gasteiger partial charge in [0, 0.05) is 31.4 Å². The monoisotopic (exact) mass is 328 g/mol. The molecule has 128 valence electrons. The van der Waals surface area contributed by atoms with Gasteiger partial charge < -0.3 is 15.4 Å². The number of aliphatic imine (C=N–C) groups is 1. The minimum atomic E-state index is 0.733. The first-order valence-corrected chi connectivity index (χ1v) is 9.87. The molecule has 0 aromatic heterocycles. The lowest BCUT2D eigenvalue weighted by atomic mass is 10.2. The first-order valence-electron chi connectivity index (χ1n) is 8.82. The van der Waals surface area contributed by atoms with Gasteiger partial charge in [-0.05, 0) is 44.9 Å². The van der Waals surface area contributed by atoms with E-state index >= 15 is 0 Å². The average Bonchev–Trinajstić information content (AvgIpc) is 3.06. The molecule has 2 aliphatic rings. The Morgan fingerprint density at radius 1 is 1.27 bits per heavy atom. The second-order valence-corrected chi connectivity index (χ2v) is 7.35. The molecule has 6 heteroatoms. The van der Waals surface area contributed by atoms with E-state index in [1.54, 1.807) is 0 Å². The Morgan fingerprint density at radius 2 is 2.14 bits per heavy atom. The molecule has 1 atom stereocenters. The van der Waals surface area contributed by atoms with E-state index in [1.807, 2.05) is 0 Å². The van der Waals surface area contributed by atoms with Crippen LogP contribution in [0.2, 0.25) is 0 Å². The molecular formula is C16H32N4OS. The second-order valence-electron chi connectivity index (χ2n) is 5.94. The summed E-state index contributed by atoms with van der Waals surface area (Å²) in [5.74, 6) is 2.30. The van der Waals surface area contributed by atoms with Gasteiger partial charge in [0.05, 0.1) is 19.8 Å². The molecule has 0 aromatic carbocycles. The van der Waals surface area contributed by atoms with Crippen molar-refractivity contribution in [2.24, 2.45) is 4.99 Å². The lowest BCUT2D eigenvalue weighted by Crippen LogP contribution is -2.39. The van der Waals surface area contributed by atoms with Gasteiger partial charge in [0.2, 0.25) is 0 Å². The van der Waals surface area contributed by atoms with Crippen LogP contribution in [0.5, 0.6) is 0 Å². The second kappa shape index (κ2) is 11.1. The predicted molar refractivity (Wildman–Crippen MR) is 96.0 cm³/mol. The van der Waals surface area contributed by atoms with Gasteiger partial charge in [-0.1, -0.05) is 0 Å². The van der Waals surface area contributed by atoms with E-state index in [4.69, 9.17) is 9.73 Å². The number of morpholine rings is 1. The summed E-state index contributed by atoms with van der Waals surface area (Å²) < 4.78 is 5.37. The standard InChI is InChI=1S/C16H32N4OS/c1-2-17-16(19-14-15-6-5-13-22-15)18-7-3-4-8-20-9-11-21-12-10-20/h15H,2-14H2,1H3,(H2,17,18,19). The molecule has 2 aliphatic heterocycles. The maximum absolute atomic E-state index is 5.37. The van der Waals surface area contributed by atoms with Gasteiger partial charge in [-0.15, -0.1) is 0 Å². The number of nitrogens with zero attached hydrogens (tertiary/aromatic N) is 2. The highest BCUT2D eigenvalue weighted by Gasteiger charge is 2.15. The summed E-state index contributed by atoms with van der Waals surface area (Å²) in [7, 11) is 0. The number of thioether (sulfide) groups is 1. The van der Waals surface area contributed by atoms with Crippen molar-refractivity contribution in [1.82, 2.24) is 15.5 Å². The molecule has 0 radical (unpaired) electrons. The zero-order valence-electron chi connectivity index (χ0n) is 14.0. The van der Waals surface area contributed by atoms with Crippen molar-refractivity contribution in [2.45, 2.75) is 37.9 Å². The Hall–Kier alpha value is -0.460. The number of hydrogen-bond donors (Lipinski definition) is 2. The zero-order chi connectivity index (χ0) is 15.5. The van der Waals surface area contributed by atoms with Crippen molar-refractivity contribution in [2.75, 3.05) is 58.2 Å². The van der Waals surface area contributed by atoms with Crippen LogP contribution in [-0.2, 0) is 4.74 Å². The SMILES string of the molecule is CCNC(=NCC1CCCS1)NCCCCN1CCOCC1. The fourth-order valence-corrected chi connectivity index (χ4v) is 4.00. The number of guanidine groups is 1.